The number of nitrogens with one attached hydrogen (secondary N) is 1. The Hall–Kier alpha value is -4.41. The maximum absolute atomic E-state index is 12.1. The monoisotopic (exact) mass is 687 g/mol. The van der Waals surface area contributed by atoms with Gasteiger partial charge >= 0.3 is 5.97 Å². The summed E-state index contributed by atoms with van der Waals surface area (Å²) >= 11 is 5.70. The van der Waals surface area contributed by atoms with Crippen LogP contribution in [0.15, 0.2) is 76.2 Å². The number of halogens is 1. The molecule has 5 rings (SSSR count). The van der Waals surface area contributed by atoms with E-state index in [2.05, 4.69) is 71.2 Å². The predicted molar refractivity (Wildman–Crippen MR) is 191 cm³/mol. The van der Waals surface area contributed by atoms with E-state index in [0.717, 1.165) is 26.7 Å². The Labute approximate surface area is 276 Å². The third kappa shape index (κ3) is 7.46. The molecule has 6 N–H and O–H groups in total. The Morgan fingerprint density at radius 3 is 2.11 bits per heavy atom. The minimum Gasteiger partial charge on any atom is -0.478 e. The van der Waals surface area contributed by atoms with Crippen LogP contribution in [0.3, 0.4) is 0 Å². The molecule has 0 spiro atoms. The molecule has 0 aliphatic carbocycles. The molecule has 0 radical (unpaired) electrons. The van der Waals surface area contributed by atoms with Gasteiger partial charge in [-0.15, -0.1) is 11.3 Å². The van der Waals surface area contributed by atoms with Gasteiger partial charge in [-0.25, -0.2) is 4.79 Å². The summed E-state index contributed by atoms with van der Waals surface area (Å²) in [4.78, 5) is 18.3. The highest BCUT2D eigenvalue weighted by Crippen LogP contribution is 2.47. The van der Waals surface area contributed by atoms with Gasteiger partial charge in [0.1, 0.15) is 5.75 Å². The van der Waals surface area contributed by atoms with Gasteiger partial charge in [0.2, 0.25) is 5.96 Å². The van der Waals surface area contributed by atoms with Gasteiger partial charge in [0.05, 0.1) is 4.70 Å². The van der Waals surface area contributed by atoms with Crippen LogP contribution in [0.2, 0.25) is 0 Å². The second-order valence-corrected chi connectivity index (χ2v) is 13.1. The molecule has 4 aromatic carbocycles. The number of hydrogen-bond acceptors (Lipinski definition) is 4. The number of aliphatic carboxylic acids is 1. The van der Waals surface area contributed by atoms with Crippen LogP contribution >= 0.6 is 27.3 Å². The SMILES string of the molecule is CN(C)C(=N)N=C(N)N.Cc1cc(-c2c3ccccc3c(Br)c3sc(C)c(C)c23)cc(C)c1O[C@H](Cc1ccccc1)C(=O)O. The number of carbonyl (C=O) groups is 1. The molecular formula is C35H38BrN5O3S. The number of fused-ring (bicyclic) bond motifs is 2. The summed E-state index contributed by atoms with van der Waals surface area (Å²) in [6.07, 6.45) is -0.653. The van der Waals surface area contributed by atoms with Crippen molar-refractivity contribution in [1.29, 1.82) is 5.41 Å². The average Bonchev–Trinajstić information content (AvgIpc) is 3.28. The molecule has 1 heterocycles. The molecule has 5 aromatic rings. The van der Waals surface area contributed by atoms with E-state index in [4.69, 9.17) is 21.6 Å². The first kappa shape index (κ1) is 33.5. The lowest BCUT2D eigenvalue weighted by Crippen LogP contribution is -2.30. The molecular weight excluding hydrogens is 650 g/mol. The summed E-state index contributed by atoms with van der Waals surface area (Å²) in [6, 6.07) is 22.4. The maximum Gasteiger partial charge on any atom is 0.345 e. The van der Waals surface area contributed by atoms with Crippen molar-refractivity contribution in [1.82, 2.24) is 4.90 Å². The highest BCUT2D eigenvalue weighted by molar-refractivity contribution is 9.11. The van der Waals surface area contributed by atoms with Crippen molar-refractivity contribution in [2.24, 2.45) is 16.5 Å². The zero-order valence-electron chi connectivity index (χ0n) is 26.2. The lowest BCUT2D eigenvalue weighted by molar-refractivity contribution is -0.145. The van der Waals surface area contributed by atoms with Crippen LogP contribution in [0.4, 0.5) is 0 Å². The molecule has 10 heteroatoms. The quantitative estimate of drug-likeness (QED) is 0.107. The first-order chi connectivity index (χ1) is 21.3. The second kappa shape index (κ2) is 14.1. The largest absolute Gasteiger partial charge is 0.478 e. The van der Waals surface area contributed by atoms with Gasteiger partial charge in [-0.1, -0.05) is 54.6 Å². The fourth-order valence-electron chi connectivity index (χ4n) is 5.18. The number of nitrogens with zero attached hydrogens (tertiary/aromatic N) is 2. The smallest absolute Gasteiger partial charge is 0.345 e. The summed E-state index contributed by atoms with van der Waals surface area (Å²) in [5.41, 5.74) is 16.4. The van der Waals surface area contributed by atoms with E-state index in [-0.39, 0.29) is 11.9 Å². The van der Waals surface area contributed by atoms with E-state index < -0.39 is 12.1 Å². The minimum atomic E-state index is -0.966. The Morgan fingerprint density at radius 1 is 1.00 bits per heavy atom. The van der Waals surface area contributed by atoms with Gasteiger partial charge in [0.15, 0.2) is 12.1 Å². The van der Waals surface area contributed by atoms with Crippen LogP contribution in [0, 0.1) is 33.1 Å². The van der Waals surface area contributed by atoms with Crippen molar-refractivity contribution < 1.29 is 14.6 Å². The van der Waals surface area contributed by atoms with E-state index in [1.54, 1.807) is 14.1 Å². The number of ether oxygens (including phenoxy) is 1. The number of thiophene rings is 1. The molecule has 8 nitrogen and oxygen atoms in total. The summed E-state index contributed by atoms with van der Waals surface area (Å²) in [5, 5.41) is 20.6. The van der Waals surface area contributed by atoms with Gasteiger partial charge in [-0.3, -0.25) is 5.41 Å². The highest BCUT2D eigenvalue weighted by Gasteiger charge is 2.24. The Morgan fingerprint density at radius 2 is 1.58 bits per heavy atom. The molecule has 0 unspecified atom stereocenters. The predicted octanol–water partition coefficient (Wildman–Crippen LogP) is 7.55. The number of benzene rings is 4. The van der Waals surface area contributed by atoms with Gasteiger partial charge < -0.3 is 26.2 Å². The Balaban J connectivity index is 0.000000448. The molecule has 0 amide bonds. The van der Waals surface area contributed by atoms with Crippen molar-refractivity contribution in [3.05, 3.63) is 98.3 Å². The minimum absolute atomic E-state index is 0.0509. The molecule has 0 saturated carbocycles. The van der Waals surface area contributed by atoms with Crippen LogP contribution in [0.5, 0.6) is 5.75 Å². The number of aryl methyl sites for hydroxylation is 4. The topological polar surface area (TPSA) is 138 Å². The van der Waals surface area contributed by atoms with Crippen molar-refractivity contribution in [3.63, 3.8) is 0 Å². The van der Waals surface area contributed by atoms with E-state index in [9.17, 15) is 9.90 Å². The van der Waals surface area contributed by atoms with Gasteiger partial charge in [0, 0.05) is 35.3 Å². The summed E-state index contributed by atoms with van der Waals surface area (Å²) in [6.45, 7) is 8.36. The Kier molecular flexibility index (Phi) is 10.5. The van der Waals surface area contributed by atoms with Crippen LogP contribution in [0.1, 0.15) is 27.1 Å². The molecule has 45 heavy (non-hydrogen) atoms. The Bertz CT molecular complexity index is 1890. The molecule has 1 aromatic heterocycles. The number of nitrogens with two attached hydrogens (primary N) is 2. The van der Waals surface area contributed by atoms with E-state index in [1.807, 2.05) is 55.5 Å². The molecule has 234 valence electrons. The normalized spacial score (nSPS) is 11.4. The molecule has 0 fully saturated rings. The van der Waals surface area contributed by atoms with Crippen LogP contribution in [-0.4, -0.2) is 48.1 Å². The van der Waals surface area contributed by atoms with Gasteiger partial charge in [-0.2, -0.15) is 4.99 Å². The second-order valence-electron chi connectivity index (χ2n) is 11.1. The van der Waals surface area contributed by atoms with Crippen molar-refractivity contribution in [2.45, 2.75) is 40.2 Å². The van der Waals surface area contributed by atoms with E-state index in [0.29, 0.717) is 12.2 Å². The number of carboxylic acid groups (broad SMARTS) is 1. The van der Waals surface area contributed by atoms with Gasteiger partial charge in [0.25, 0.3) is 0 Å². The van der Waals surface area contributed by atoms with Crippen LogP contribution < -0.4 is 16.2 Å². The maximum atomic E-state index is 12.1. The molecule has 1 atom stereocenters. The third-order valence-corrected chi connectivity index (χ3v) is 9.79. The number of hydrogen-bond donors (Lipinski definition) is 4. The molecule has 0 saturated heterocycles. The number of rotatable bonds is 6. The first-order valence-electron chi connectivity index (χ1n) is 14.3. The lowest BCUT2D eigenvalue weighted by Gasteiger charge is -2.20. The summed E-state index contributed by atoms with van der Waals surface area (Å²) < 4.78 is 8.54. The fraction of sp³-hybridized carbons (Fsp3) is 0.229. The summed E-state index contributed by atoms with van der Waals surface area (Å²) in [7, 11) is 3.38. The standard InChI is InChI=1S/C31H27BrO3S.C4H11N5/c1-17-14-22(15-18(2)29(17)35-25(31(33)34)16-21-10-6-5-7-11-21)27-23-12-8-9-13-24(23)28(32)30-26(27)19(3)20(4)36-30;1-9(2)4(7)8-3(5)6/h5-15,25H,16H2,1-4H3,(H,33,34);1-2H3,(H5,5,6,7,8)/t25-;/m1./s1. The molecule has 0 aliphatic rings. The number of aliphatic imine (C=N–C) groups is 1. The van der Waals surface area contributed by atoms with Crippen LogP contribution in [0.25, 0.3) is 32.0 Å². The lowest BCUT2D eigenvalue weighted by atomic mass is 9.91. The van der Waals surface area contributed by atoms with Crippen molar-refractivity contribution in [3.8, 4) is 16.9 Å². The zero-order valence-corrected chi connectivity index (χ0v) is 28.6. The van der Waals surface area contributed by atoms with E-state index in [1.165, 1.54) is 41.8 Å². The van der Waals surface area contributed by atoms with Crippen molar-refractivity contribution >= 4 is 66.0 Å². The fourth-order valence-corrected chi connectivity index (χ4v) is 7.09. The van der Waals surface area contributed by atoms with Crippen molar-refractivity contribution in [2.75, 3.05) is 14.1 Å². The van der Waals surface area contributed by atoms with Gasteiger partial charge in [-0.05, 0) is 99.9 Å². The number of guanidine groups is 2. The third-order valence-electron chi connectivity index (χ3n) is 7.47. The first-order valence-corrected chi connectivity index (χ1v) is 15.9. The number of carboxylic acids is 1. The average molecular weight is 689 g/mol. The molecule has 0 bridgehead atoms. The highest BCUT2D eigenvalue weighted by atomic mass is 79.9. The van der Waals surface area contributed by atoms with E-state index >= 15 is 0 Å². The van der Waals surface area contributed by atoms with Crippen LogP contribution in [-0.2, 0) is 11.2 Å². The summed E-state index contributed by atoms with van der Waals surface area (Å²) in [5.74, 6) is -0.367. The zero-order chi connectivity index (χ0) is 33.0. The molecule has 0 aliphatic heterocycles.